The Kier molecular flexibility index (Phi) is 10.5. The number of carbonyl (C=O) groups excluding carboxylic acids is 2. The molecule has 2 atom stereocenters. The molecule has 0 bridgehead atoms. The first kappa shape index (κ1) is 30.9. The molecule has 3 aromatic rings. The second kappa shape index (κ2) is 13.6. The zero-order valence-corrected chi connectivity index (χ0v) is 25.2. The Labute approximate surface area is 239 Å². The van der Waals surface area contributed by atoms with E-state index in [0.717, 1.165) is 33.0 Å². The lowest BCUT2D eigenvalue weighted by Crippen LogP contribution is -2.53. The highest BCUT2D eigenvalue weighted by molar-refractivity contribution is 7.92. The quantitative estimate of drug-likeness (QED) is 0.314. The summed E-state index contributed by atoms with van der Waals surface area (Å²) in [6.45, 7) is 11.2. The monoisotopic (exact) mass is 563 g/mol. The van der Waals surface area contributed by atoms with Crippen molar-refractivity contribution in [3.8, 4) is 0 Å². The number of sulfonamides is 1. The molecule has 0 saturated heterocycles. The van der Waals surface area contributed by atoms with E-state index in [9.17, 15) is 18.0 Å². The molecule has 2 amide bonds. The number of aryl methyl sites for hydroxylation is 3. The van der Waals surface area contributed by atoms with Crippen LogP contribution in [0, 0.1) is 20.8 Å². The lowest BCUT2D eigenvalue weighted by atomic mass is 10.1. The third kappa shape index (κ3) is 7.50. The molecule has 1 N–H and O–H groups in total. The molecular weight excluding hydrogens is 522 g/mol. The molecule has 0 heterocycles. The van der Waals surface area contributed by atoms with Gasteiger partial charge in [-0.3, -0.25) is 13.9 Å². The molecule has 0 aromatic heterocycles. The van der Waals surface area contributed by atoms with Gasteiger partial charge in [0, 0.05) is 12.6 Å². The summed E-state index contributed by atoms with van der Waals surface area (Å²) >= 11 is 0. The molecule has 40 heavy (non-hydrogen) atoms. The summed E-state index contributed by atoms with van der Waals surface area (Å²) in [5.74, 6) is -0.704. The van der Waals surface area contributed by atoms with Crippen LogP contribution in [0.25, 0.3) is 0 Å². The number of hydrogen-bond acceptors (Lipinski definition) is 4. The van der Waals surface area contributed by atoms with E-state index in [4.69, 9.17) is 0 Å². The Morgan fingerprint density at radius 3 is 2.08 bits per heavy atom. The minimum atomic E-state index is -4.09. The van der Waals surface area contributed by atoms with Crippen molar-refractivity contribution in [1.82, 2.24) is 10.2 Å². The first-order valence-corrected chi connectivity index (χ1v) is 15.2. The van der Waals surface area contributed by atoms with E-state index in [1.165, 1.54) is 4.90 Å². The molecule has 0 aliphatic rings. The summed E-state index contributed by atoms with van der Waals surface area (Å²) in [4.78, 5) is 29.0. The molecular formula is C32H41N3O4S. The van der Waals surface area contributed by atoms with Crippen LogP contribution in [0.15, 0.2) is 77.7 Å². The van der Waals surface area contributed by atoms with Gasteiger partial charge in [-0.15, -0.1) is 0 Å². The molecule has 0 aliphatic heterocycles. The van der Waals surface area contributed by atoms with Crippen LogP contribution in [0.3, 0.4) is 0 Å². The second-order valence-electron chi connectivity index (χ2n) is 10.3. The molecule has 214 valence electrons. The predicted molar refractivity (Wildman–Crippen MR) is 161 cm³/mol. The molecule has 3 aromatic carbocycles. The largest absolute Gasteiger partial charge is 0.352 e. The molecule has 0 fully saturated rings. The van der Waals surface area contributed by atoms with Crippen molar-refractivity contribution in [1.29, 1.82) is 0 Å². The number of amides is 2. The molecule has 7 nitrogen and oxygen atoms in total. The van der Waals surface area contributed by atoms with Crippen LogP contribution >= 0.6 is 0 Å². The number of hydrogen-bond donors (Lipinski definition) is 1. The van der Waals surface area contributed by atoms with Gasteiger partial charge in [-0.1, -0.05) is 67.9 Å². The van der Waals surface area contributed by atoms with Gasteiger partial charge in [-0.25, -0.2) is 8.42 Å². The zero-order valence-electron chi connectivity index (χ0n) is 24.3. The second-order valence-corrected chi connectivity index (χ2v) is 12.2. The summed E-state index contributed by atoms with van der Waals surface area (Å²) in [6, 6.07) is 20.5. The number of nitrogens with one attached hydrogen (secondary N) is 1. The molecule has 0 spiro atoms. The SMILES string of the molecule is CC[C@H](C(=O)N[C@@H](C)CC)N(Cc1ccccc1)C(=O)CN(c1ccc(C)c(C)c1)S(=O)(=O)c1ccc(C)cc1. The van der Waals surface area contributed by atoms with Gasteiger partial charge in [0.15, 0.2) is 0 Å². The maximum atomic E-state index is 14.1. The Bertz CT molecular complexity index is 1410. The number of rotatable bonds is 12. The van der Waals surface area contributed by atoms with Crippen LogP contribution in [0.5, 0.6) is 0 Å². The van der Waals surface area contributed by atoms with E-state index in [-0.39, 0.29) is 23.4 Å². The normalized spacial score (nSPS) is 12.8. The van der Waals surface area contributed by atoms with Gasteiger partial charge in [0.1, 0.15) is 12.6 Å². The van der Waals surface area contributed by atoms with Gasteiger partial charge in [-0.2, -0.15) is 0 Å². The Hall–Kier alpha value is -3.65. The van der Waals surface area contributed by atoms with Crippen LogP contribution in [0.1, 0.15) is 55.9 Å². The van der Waals surface area contributed by atoms with Gasteiger partial charge in [0.05, 0.1) is 10.6 Å². The summed E-state index contributed by atoms with van der Waals surface area (Å²) in [5, 5.41) is 3.00. The van der Waals surface area contributed by atoms with Crippen molar-refractivity contribution in [3.05, 3.63) is 95.1 Å². The van der Waals surface area contributed by atoms with Crippen molar-refractivity contribution < 1.29 is 18.0 Å². The lowest BCUT2D eigenvalue weighted by Gasteiger charge is -2.34. The molecule has 8 heteroatoms. The van der Waals surface area contributed by atoms with Crippen molar-refractivity contribution >= 4 is 27.5 Å². The van der Waals surface area contributed by atoms with E-state index >= 15 is 0 Å². The number of nitrogens with zero attached hydrogens (tertiary/aromatic N) is 2. The summed E-state index contributed by atoms with van der Waals surface area (Å²) in [7, 11) is -4.09. The van der Waals surface area contributed by atoms with Gasteiger partial charge in [0.25, 0.3) is 10.0 Å². The average molecular weight is 564 g/mol. The number of benzene rings is 3. The van der Waals surface area contributed by atoms with Crippen molar-refractivity contribution in [2.75, 3.05) is 10.8 Å². The third-order valence-corrected chi connectivity index (χ3v) is 9.04. The van der Waals surface area contributed by atoms with Crippen LogP contribution < -0.4 is 9.62 Å². The number of carbonyl (C=O) groups is 2. The first-order valence-electron chi connectivity index (χ1n) is 13.8. The van der Waals surface area contributed by atoms with Crippen LogP contribution in [-0.4, -0.2) is 43.8 Å². The van der Waals surface area contributed by atoms with Gasteiger partial charge in [-0.05, 0) is 81.5 Å². The van der Waals surface area contributed by atoms with Gasteiger partial charge >= 0.3 is 0 Å². The summed E-state index contributed by atoms with van der Waals surface area (Å²) in [6.07, 6.45) is 1.14. The highest BCUT2D eigenvalue weighted by Gasteiger charge is 2.34. The maximum Gasteiger partial charge on any atom is 0.264 e. The van der Waals surface area contributed by atoms with Gasteiger partial charge in [0.2, 0.25) is 11.8 Å². The van der Waals surface area contributed by atoms with E-state index in [1.807, 2.05) is 77.9 Å². The molecule has 0 radical (unpaired) electrons. The summed E-state index contributed by atoms with van der Waals surface area (Å²) in [5.41, 5.74) is 4.11. The maximum absolute atomic E-state index is 14.1. The molecule has 0 saturated carbocycles. The molecule has 3 rings (SSSR count). The van der Waals surface area contributed by atoms with E-state index in [2.05, 4.69) is 5.32 Å². The third-order valence-electron chi connectivity index (χ3n) is 7.25. The standard InChI is InChI=1S/C32H41N3O4S/c1-7-26(6)33-32(37)30(8-2)34(21-27-12-10-9-11-13-27)31(36)22-35(28-17-16-24(4)25(5)20-28)40(38,39)29-18-14-23(3)15-19-29/h9-20,26,30H,7-8,21-22H2,1-6H3,(H,33,37)/t26-,30+/m0/s1. The fourth-order valence-electron chi connectivity index (χ4n) is 4.39. The molecule has 0 aliphatic carbocycles. The average Bonchev–Trinajstić information content (AvgIpc) is 2.93. The highest BCUT2D eigenvalue weighted by atomic mass is 32.2. The van der Waals surface area contributed by atoms with E-state index in [1.54, 1.807) is 36.4 Å². The lowest BCUT2D eigenvalue weighted by molar-refractivity contribution is -0.140. The minimum Gasteiger partial charge on any atom is -0.352 e. The van der Waals surface area contributed by atoms with Crippen molar-refractivity contribution in [2.45, 2.75) is 77.9 Å². The fraction of sp³-hybridized carbons (Fsp3) is 0.375. The van der Waals surface area contributed by atoms with Crippen molar-refractivity contribution in [3.63, 3.8) is 0 Å². The smallest absolute Gasteiger partial charge is 0.264 e. The number of anilines is 1. The predicted octanol–water partition coefficient (Wildman–Crippen LogP) is 5.53. The van der Waals surface area contributed by atoms with Crippen LogP contribution in [0.4, 0.5) is 5.69 Å². The minimum absolute atomic E-state index is 0.0517. The van der Waals surface area contributed by atoms with E-state index in [0.29, 0.717) is 12.1 Å². The van der Waals surface area contributed by atoms with Gasteiger partial charge < -0.3 is 10.2 Å². The first-order chi connectivity index (χ1) is 19.0. The topological polar surface area (TPSA) is 86.8 Å². The van der Waals surface area contributed by atoms with Crippen LogP contribution in [-0.2, 0) is 26.2 Å². The Balaban J connectivity index is 2.07. The van der Waals surface area contributed by atoms with Crippen LogP contribution in [0.2, 0.25) is 0 Å². The molecule has 0 unspecified atom stereocenters. The Morgan fingerprint density at radius 2 is 1.50 bits per heavy atom. The van der Waals surface area contributed by atoms with E-state index < -0.39 is 28.5 Å². The van der Waals surface area contributed by atoms with Crippen molar-refractivity contribution in [2.24, 2.45) is 0 Å². The Morgan fingerprint density at radius 1 is 0.850 bits per heavy atom. The highest BCUT2D eigenvalue weighted by Crippen LogP contribution is 2.27. The zero-order chi connectivity index (χ0) is 29.4. The summed E-state index contributed by atoms with van der Waals surface area (Å²) < 4.78 is 29.1. The fourth-order valence-corrected chi connectivity index (χ4v) is 5.79.